The molecular weight excluding hydrogens is 264 g/mol. The Morgan fingerprint density at radius 2 is 1.95 bits per heavy atom. The van der Waals surface area contributed by atoms with E-state index < -0.39 is 0 Å². The van der Waals surface area contributed by atoms with E-state index in [1.54, 1.807) is 18.5 Å². The van der Waals surface area contributed by atoms with Crippen molar-refractivity contribution in [3.63, 3.8) is 0 Å². The van der Waals surface area contributed by atoms with Gasteiger partial charge in [0.15, 0.2) is 5.76 Å². The van der Waals surface area contributed by atoms with E-state index in [-0.39, 0.29) is 5.78 Å². The van der Waals surface area contributed by atoms with Gasteiger partial charge >= 0.3 is 0 Å². The molecule has 0 spiro atoms. The van der Waals surface area contributed by atoms with Crippen molar-refractivity contribution in [3.05, 3.63) is 66.2 Å². The summed E-state index contributed by atoms with van der Waals surface area (Å²) >= 11 is 0. The molecule has 2 aromatic heterocycles. The van der Waals surface area contributed by atoms with Crippen LogP contribution in [0.2, 0.25) is 0 Å². The minimum atomic E-state index is -0.0113. The summed E-state index contributed by atoms with van der Waals surface area (Å²) in [6, 6.07) is 13.3. The van der Waals surface area contributed by atoms with Gasteiger partial charge in [0, 0.05) is 24.3 Å². The Kier molecular flexibility index (Phi) is 3.79. The molecule has 4 nitrogen and oxygen atoms in total. The lowest BCUT2D eigenvalue weighted by molar-refractivity contribution is 0.0918. The quantitative estimate of drug-likeness (QED) is 0.674. The Morgan fingerprint density at radius 3 is 2.71 bits per heavy atom. The molecule has 2 heterocycles. The summed E-state index contributed by atoms with van der Waals surface area (Å²) in [6.07, 6.45) is 3.51. The van der Waals surface area contributed by atoms with E-state index in [0.717, 1.165) is 16.5 Å². The minimum Gasteiger partial charge on any atom is -0.453 e. The number of nitrogens with zero attached hydrogens (tertiary/aromatic N) is 2. The maximum absolute atomic E-state index is 12.3. The summed E-state index contributed by atoms with van der Waals surface area (Å²) in [6.45, 7) is 1.02. The first-order valence-corrected chi connectivity index (χ1v) is 6.81. The molecule has 0 saturated heterocycles. The van der Waals surface area contributed by atoms with Gasteiger partial charge in [0.2, 0.25) is 5.78 Å². The lowest BCUT2D eigenvalue weighted by Crippen LogP contribution is -2.25. The Balaban J connectivity index is 1.68. The summed E-state index contributed by atoms with van der Waals surface area (Å²) in [5.74, 6) is 0.403. The minimum absolute atomic E-state index is 0.0113. The van der Waals surface area contributed by atoms with Crippen LogP contribution in [0.5, 0.6) is 0 Å². The van der Waals surface area contributed by atoms with E-state index in [1.165, 1.54) is 0 Å². The van der Waals surface area contributed by atoms with E-state index in [1.807, 2.05) is 48.3 Å². The second kappa shape index (κ2) is 5.89. The zero-order chi connectivity index (χ0) is 14.7. The van der Waals surface area contributed by atoms with Crippen molar-refractivity contribution >= 4 is 16.8 Å². The molecule has 3 aromatic rings. The highest BCUT2D eigenvalue weighted by Crippen LogP contribution is 2.19. The highest BCUT2D eigenvalue weighted by Gasteiger charge is 2.14. The van der Waals surface area contributed by atoms with Gasteiger partial charge in [-0.2, -0.15) is 0 Å². The topological polar surface area (TPSA) is 46.3 Å². The van der Waals surface area contributed by atoms with Crippen molar-refractivity contribution < 1.29 is 9.21 Å². The molecule has 4 heteroatoms. The highest BCUT2D eigenvalue weighted by atomic mass is 16.3. The number of benzene rings is 1. The van der Waals surface area contributed by atoms with Gasteiger partial charge in [-0.3, -0.25) is 14.7 Å². The maximum Gasteiger partial charge on any atom is 0.211 e. The molecule has 0 aliphatic heterocycles. The predicted molar refractivity (Wildman–Crippen MR) is 81.1 cm³/mol. The number of hydrogen-bond donors (Lipinski definition) is 0. The number of carbonyl (C=O) groups is 1. The van der Waals surface area contributed by atoms with Gasteiger partial charge in [0.05, 0.1) is 6.54 Å². The Bertz CT molecular complexity index is 717. The molecule has 0 unspecified atom stereocenters. The van der Waals surface area contributed by atoms with Gasteiger partial charge in [-0.1, -0.05) is 18.2 Å². The van der Waals surface area contributed by atoms with Crippen molar-refractivity contribution in [2.75, 3.05) is 13.6 Å². The van der Waals surface area contributed by atoms with Gasteiger partial charge in [-0.15, -0.1) is 0 Å². The number of ketones is 1. The van der Waals surface area contributed by atoms with Gasteiger partial charge in [-0.25, -0.2) is 0 Å². The SMILES string of the molecule is CN(CC(=O)c1cc2ccccc2o1)Cc1ccncc1. The molecule has 0 aliphatic rings. The molecule has 0 radical (unpaired) electrons. The number of pyridine rings is 1. The Labute approximate surface area is 123 Å². The van der Waals surface area contributed by atoms with Crippen LogP contribution in [0, 0.1) is 0 Å². The largest absolute Gasteiger partial charge is 0.453 e. The molecule has 0 fully saturated rings. The van der Waals surface area contributed by atoms with Crippen LogP contribution < -0.4 is 0 Å². The first-order chi connectivity index (χ1) is 10.2. The van der Waals surface area contributed by atoms with E-state index in [0.29, 0.717) is 18.8 Å². The molecule has 21 heavy (non-hydrogen) atoms. The number of furan rings is 1. The monoisotopic (exact) mass is 280 g/mol. The number of para-hydroxylation sites is 1. The van der Waals surface area contributed by atoms with Gasteiger partial charge in [0.25, 0.3) is 0 Å². The molecule has 3 rings (SSSR count). The van der Waals surface area contributed by atoms with Crippen LogP contribution in [-0.2, 0) is 6.54 Å². The Hall–Kier alpha value is -2.46. The summed E-state index contributed by atoms with van der Waals surface area (Å²) < 4.78 is 5.59. The maximum atomic E-state index is 12.3. The van der Waals surface area contributed by atoms with Crippen LogP contribution in [0.25, 0.3) is 11.0 Å². The second-order valence-corrected chi connectivity index (χ2v) is 5.10. The third-order valence-electron chi connectivity index (χ3n) is 3.32. The van der Waals surface area contributed by atoms with Gasteiger partial charge in [-0.05, 0) is 36.9 Å². The normalized spacial score (nSPS) is 11.1. The number of aromatic nitrogens is 1. The third kappa shape index (κ3) is 3.17. The second-order valence-electron chi connectivity index (χ2n) is 5.10. The van der Waals surface area contributed by atoms with E-state index >= 15 is 0 Å². The summed E-state index contributed by atoms with van der Waals surface area (Å²) in [7, 11) is 1.92. The lowest BCUT2D eigenvalue weighted by Gasteiger charge is -2.14. The van der Waals surface area contributed by atoms with Crippen LogP contribution in [0.15, 0.2) is 59.3 Å². The van der Waals surface area contributed by atoms with Crippen molar-refractivity contribution in [2.24, 2.45) is 0 Å². The first-order valence-electron chi connectivity index (χ1n) is 6.81. The van der Waals surface area contributed by atoms with E-state index in [2.05, 4.69) is 4.98 Å². The van der Waals surface area contributed by atoms with Crippen molar-refractivity contribution in [1.82, 2.24) is 9.88 Å². The van der Waals surface area contributed by atoms with Gasteiger partial charge in [0.1, 0.15) is 5.58 Å². The average Bonchev–Trinajstić information content (AvgIpc) is 2.92. The third-order valence-corrected chi connectivity index (χ3v) is 3.32. The standard InChI is InChI=1S/C17H16N2O2/c1-19(11-13-6-8-18-9-7-13)12-15(20)17-10-14-4-2-3-5-16(14)21-17/h2-10H,11-12H2,1H3. The van der Waals surface area contributed by atoms with Crippen molar-refractivity contribution in [2.45, 2.75) is 6.54 Å². The zero-order valence-electron chi connectivity index (χ0n) is 11.8. The number of hydrogen-bond acceptors (Lipinski definition) is 4. The number of Topliss-reactive ketones (excluding diaryl/α,β-unsaturated/α-hetero) is 1. The van der Waals surface area contributed by atoms with Crippen LogP contribution in [0.3, 0.4) is 0 Å². The molecule has 0 atom stereocenters. The molecule has 0 bridgehead atoms. The fourth-order valence-electron chi connectivity index (χ4n) is 2.30. The lowest BCUT2D eigenvalue weighted by atomic mass is 10.2. The average molecular weight is 280 g/mol. The molecule has 0 aliphatic carbocycles. The molecular formula is C17H16N2O2. The smallest absolute Gasteiger partial charge is 0.211 e. The van der Waals surface area contributed by atoms with E-state index in [4.69, 9.17) is 4.42 Å². The summed E-state index contributed by atoms with van der Waals surface area (Å²) in [5, 5.41) is 0.956. The van der Waals surface area contributed by atoms with Crippen LogP contribution in [-0.4, -0.2) is 29.3 Å². The number of carbonyl (C=O) groups excluding carboxylic acids is 1. The number of rotatable bonds is 5. The van der Waals surface area contributed by atoms with Gasteiger partial charge < -0.3 is 4.42 Å². The number of fused-ring (bicyclic) bond motifs is 1. The number of likely N-dealkylation sites (N-methyl/N-ethyl adjacent to an activating group) is 1. The summed E-state index contributed by atoms with van der Waals surface area (Å²) in [4.78, 5) is 18.2. The highest BCUT2D eigenvalue weighted by molar-refractivity contribution is 5.98. The molecule has 0 saturated carbocycles. The zero-order valence-corrected chi connectivity index (χ0v) is 11.8. The van der Waals surface area contributed by atoms with Crippen LogP contribution in [0.1, 0.15) is 16.1 Å². The molecule has 0 amide bonds. The van der Waals surface area contributed by atoms with Crippen molar-refractivity contribution in [1.29, 1.82) is 0 Å². The predicted octanol–water partition coefficient (Wildman–Crippen LogP) is 3.14. The fourth-order valence-corrected chi connectivity index (χ4v) is 2.30. The molecule has 0 N–H and O–H groups in total. The van der Waals surface area contributed by atoms with Crippen LogP contribution in [0.4, 0.5) is 0 Å². The van der Waals surface area contributed by atoms with Crippen molar-refractivity contribution in [3.8, 4) is 0 Å². The van der Waals surface area contributed by atoms with E-state index in [9.17, 15) is 4.79 Å². The first kappa shape index (κ1) is 13.5. The Morgan fingerprint density at radius 1 is 1.19 bits per heavy atom. The fraction of sp³-hybridized carbons (Fsp3) is 0.176. The molecule has 1 aromatic carbocycles. The summed E-state index contributed by atoms with van der Waals surface area (Å²) in [5.41, 5.74) is 1.88. The van der Waals surface area contributed by atoms with Crippen LogP contribution >= 0.6 is 0 Å². The molecule has 106 valence electrons.